The third-order valence-corrected chi connectivity index (χ3v) is 5.07. The molecule has 0 heterocycles. The number of hydrogen-bond donors (Lipinski definition) is 1. The van der Waals surface area contributed by atoms with Crippen molar-refractivity contribution in [1.29, 1.82) is 0 Å². The lowest BCUT2D eigenvalue weighted by atomic mass is 10.1. The first kappa shape index (κ1) is 17.6. The Morgan fingerprint density at radius 3 is 2.48 bits per heavy atom. The topological polar surface area (TPSA) is 63.4 Å². The van der Waals surface area contributed by atoms with Gasteiger partial charge in [0, 0.05) is 23.0 Å². The van der Waals surface area contributed by atoms with Gasteiger partial charge in [-0.3, -0.25) is 9.59 Å². The van der Waals surface area contributed by atoms with Crippen LogP contribution in [0.4, 0.5) is 0 Å². The predicted octanol–water partition coefficient (Wildman–Crippen LogP) is 3.30. The van der Waals surface area contributed by atoms with Crippen LogP contribution >= 0.6 is 27.7 Å². The van der Waals surface area contributed by atoms with Crippen LogP contribution in [0.15, 0.2) is 57.9 Å². The minimum Gasteiger partial charge on any atom is -0.369 e. The van der Waals surface area contributed by atoms with Crippen molar-refractivity contribution in [1.82, 2.24) is 4.90 Å². The predicted molar refractivity (Wildman–Crippen MR) is 96.3 cm³/mol. The number of amides is 2. The molecule has 0 aliphatic carbocycles. The lowest BCUT2D eigenvalue weighted by Crippen LogP contribution is -2.27. The summed E-state index contributed by atoms with van der Waals surface area (Å²) in [4.78, 5) is 26.1. The molecule has 0 saturated carbocycles. The van der Waals surface area contributed by atoms with Gasteiger partial charge in [0.2, 0.25) is 5.91 Å². The Bertz CT molecular complexity index is 721. The molecule has 0 aliphatic heterocycles. The number of carbonyl (C=O) groups excluding carboxylic acids is 2. The molecule has 0 spiro atoms. The van der Waals surface area contributed by atoms with Gasteiger partial charge in [-0.05, 0) is 23.8 Å². The maximum atomic E-state index is 12.7. The number of benzene rings is 2. The van der Waals surface area contributed by atoms with Crippen molar-refractivity contribution in [2.75, 3.05) is 12.8 Å². The van der Waals surface area contributed by atoms with Crippen molar-refractivity contribution < 1.29 is 9.59 Å². The van der Waals surface area contributed by atoms with E-state index in [0.717, 1.165) is 14.9 Å². The highest BCUT2D eigenvalue weighted by molar-refractivity contribution is 9.10. The number of thioether (sulfide) groups is 1. The fraction of sp³-hybridized carbons (Fsp3) is 0.176. The van der Waals surface area contributed by atoms with Crippen molar-refractivity contribution in [2.24, 2.45) is 5.73 Å². The van der Waals surface area contributed by atoms with Gasteiger partial charge in [-0.25, -0.2) is 0 Å². The number of nitrogens with two attached hydrogens (primary N) is 1. The van der Waals surface area contributed by atoms with E-state index in [2.05, 4.69) is 15.9 Å². The van der Waals surface area contributed by atoms with Crippen molar-refractivity contribution in [2.45, 2.75) is 11.4 Å². The third kappa shape index (κ3) is 4.84. The first-order valence-electron chi connectivity index (χ1n) is 6.98. The van der Waals surface area contributed by atoms with Crippen LogP contribution in [0.1, 0.15) is 15.9 Å². The summed E-state index contributed by atoms with van der Waals surface area (Å²) in [6.45, 7) is 0.495. The van der Waals surface area contributed by atoms with Crippen LogP contribution < -0.4 is 5.73 Å². The summed E-state index contributed by atoms with van der Waals surface area (Å²) in [5.74, 6) is -0.342. The molecule has 6 heteroatoms. The second kappa shape index (κ2) is 8.17. The summed E-state index contributed by atoms with van der Waals surface area (Å²) in [5, 5.41) is 0. The highest BCUT2D eigenvalue weighted by Crippen LogP contribution is 2.24. The van der Waals surface area contributed by atoms with Gasteiger partial charge in [-0.1, -0.05) is 46.3 Å². The van der Waals surface area contributed by atoms with Crippen LogP contribution in [-0.4, -0.2) is 29.5 Å². The van der Waals surface area contributed by atoms with Crippen LogP contribution in [0.5, 0.6) is 0 Å². The molecule has 0 unspecified atom stereocenters. The molecule has 4 nitrogen and oxygen atoms in total. The molecule has 2 aromatic carbocycles. The number of nitrogens with zero attached hydrogens (tertiary/aromatic N) is 1. The largest absolute Gasteiger partial charge is 0.369 e. The van der Waals surface area contributed by atoms with E-state index in [4.69, 9.17) is 5.73 Å². The van der Waals surface area contributed by atoms with Gasteiger partial charge >= 0.3 is 0 Å². The Hall–Kier alpha value is -1.79. The fourth-order valence-electron chi connectivity index (χ4n) is 2.08. The van der Waals surface area contributed by atoms with Gasteiger partial charge in [-0.2, -0.15) is 0 Å². The molecule has 2 rings (SSSR count). The summed E-state index contributed by atoms with van der Waals surface area (Å²) in [6.07, 6.45) is 0. The molecular weight excluding hydrogens is 376 g/mol. The van der Waals surface area contributed by atoms with E-state index in [0.29, 0.717) is 12.1 Å². The van der Waals surface area contributed by atoms with Crippen LogP contribution in [0.2, 0.25) is 0 Å². The summed E-state index contributed by atoms with van der Waals surface area (Å²) in [5.41, 5.74) is 6.79. The Labute approximate surface area is 148 Å². The number of hydrogen-bond acceptors (Lipinski definition) is 3. The second-order valence-corrected chi connectivity index (χ2v) is 6.88. The van der Waals surface area contributed by atoms with Gasteiger partial charge in [0.25, 0.3) is 5.91 Å². The van der Waals surface area contributed by atoms with Crippen molar-refractivity contribution in [3.8, 4) is 0 Å². The number of carbonyl (C=O) groups is 2. The van der Waals surface area contributed by atoms with Gasteiger partial charge in [0.05, 0.1) is 11.3 Å². The van der Waals surface area contributed by atoms with Crippen LogP contribution in [-0.2, 0) is 11.3 Å². The normalized spacial score (nSPS) is 10.3. The average molecular weight is 393 g/mol. The Kier molecular flexibility index (Phi) is 6.24. The van der Waals surface area contributed by atoms with E-state index in [-0.39, 0.29) is 11.7 Å². The van der Waals surface area contributed by atoms with Crippen LogP contribution in [0, 0.1) is 0 Å². The first-order chi connectivity index (χ1) is 11.0. The SMILES string of the molecule is CN(Cc1ccccc1Br)C(=O)c1ccccc1SCC(N)=O. The highest BCUT2D eigenvalue weighted by atomic mass is 79.9. The molecule has 0 bridgehead atoms. The molecule has 0 radical (unpaired) electrons. The van der Waals surface area contributed by atoms with Gasteiger partial charge in [-0.15, -0.1) is 11.8 Å². The minimum atomic E-state index is -0.404. The Morgan fingerprint density at radius 1 is 1.13 bits per heavy atom. The van der Waals surface area contributed by atoms with E-state index in [9.17, 15) is 9.59 Å². The van der Waals surface area contributed by atoms with Crippen molar-refractivity contribution >= 4 is 39.5 Å². The molecule has 0 aliphatic rings. The van der Waals surface area contributed by atoms with Crippen molar-refractivity contribution in [3.63, 3.8) is 0 Å². The van der Waals surface area contributed by atoms with E-state index >= 15 is 0 Å². The Balaban J connectivity index is 2.16. The molecule has 23 heavy (non-hydrogen) atoms. The molecular formula is C17H17BrN2O2S. The highest BCUT2D eigenvalue weighted by Gasteiger charge is 2.17. The number of halogens is 1. The zero-order valence-corrected chi connectivity index (χ0v) is 15.1. The van der Waals surface area contributed by atoms with Gasteiger partial charge in [0.1, 0.15) is 0 Å². The molecule has 0 atom stereocenters. The average Bonchev–Trinajstić information content (AvgIpc) is 2.54. The monoisotopic (exact) mass is 392 g/mol. The van der Waals surface area contributed by atoms with E-state index < -0.39 is 5.91 Å². The summed E-state index contributed by atoms with van der Waals surface area (Å²) in [7, 11) is 1.76. The van der Waals surface area contributed by atoms with Gasteiger partial charge < -0.3 is 10.6 Å². The zero-order valence-electron chi connectivity index (χ0n) is 12.7. The molecule has 2 aromatic rings. The Morgan fingerprint density at radius 2 is 1.78 bits per heavy atom. The van der Waals surface area contributed by atoms with Gasteiger partial charge in [0.15, 0.2) is 0 Å². The zero-order chi connectivity index (χ0) is 16.8. The van der Waals surface area contributed by atoms with E-state index in [1.165, 1.54) is 11.8 Å². The van der Waals surface area contributed by atoms with Crippen LogP contribution in [0.25, 0.3) is 0 Å². The number of rotatable bonds is 6. The fourth-order valence-corrected chi connectivity index (χ4v) is 3.27. The number of primary amides is 1. The molecule has 2 amide bonds. The molecule has 0 fully saturated rings. The minimum absolute atomic E-state index is 0.0895. The first-order valence-corrected chi connectivity index (χ1v) is 8.76. The molecule has 0 aromatic heterocycles. The molecule has 120 valence electrons. The van der Waals surface area contributed by atoms with Crippen molar-refractivity contribution in [3.05, 3.63) is 64.1 Å². The summed E-state index contributed by atoms with van der Waals surface area (Å²) < 4.78 is 0.969. The quantitative estimate of drug-likeness (QED) is 0.766. The van der Waals surface area contributed by atoms with Crippen LogP contribution in [0.3, 0.4) is 0 Å². The summed E-state index contributed by atoms with van der Waals surface area (Å²) in [6, 6.07) is 15.0. The van der Waals surface area contributed by atoms with E-state index in [1.807, 2.05) is 42.5 Å². The molecule has 2 N–H and O–H groups in total. The lowest BCUT2D eigenvalue weighted by Gasteiger charge is -2.19. The third-order valence-electron chi connectivity index (χ3n) is 3.20. The molecule has 0 saturated heterocycles. The second-order valence-electron chi connectivity index (χ2n) is 5.00. The maximum Gasteiger partial charge on any atom is 0.255 e. The smallest absolute Gasteiger partial charge is 0.255 e. The lowest BCUT2D eigenvalue weighted by molar-refractivity contribution is -0.115. The standard InChI is InChI=1S/C17H17BrN2O2S/c1-20(10-12-6-2-4-8-14(12)18)17(22)13-7-3-5-9-15(13)23-11-16(19)21/h2-9H,10-11H2,1H3,(H2,19,21). The van der Waals surface area contributed by atoms with E-state index in [1.54, 1.807) is 18.0 Å². The maximum absolute atomic E-state index is 12.7. The summed E-state index contributed by atoms with van der Waals surface area (Å²) >= 11 is 4.77.